The zero-order valence-electron chi connectivity index (χ0n) is 20.1. The van der Waals surface area contributed by atoms with Crippen LogP contribution in [0.25, 0.3) is 11.0 Å². The molecule has 3 aliphatic rings. The van der Waals surface area contributed by atoms with E-state index in [1.165, 1.54) is 29.7 Å². The molecule has 0 aliphatic carbocycles. The summed E-state index contributed by atoms with van der Waals surface area (Å²) in [5, 5.41) is 3.39. The predicted octanol–water partition coefficient (Wildman–Crippen LogP) is 3.76. The summed E-state index contributed by atoms with van der Waals surface area (Å²) < 4.78 is 12.1. The summed E-state index contributed by atoms with van der Waals surface area (Å²) in [6.45, 7) is 3.79. The Morgan fingerprint density at radius 1 is 1.03 bits per heavy atom. The Hall–Kier alpha value is -3.65. The molecule has 2 aromatic carbocycles. The zero-order valence-corrected chi connectivity index (χ0v) is 20.1. The molecule has 2 fully saturated rings. The molecule has 2 saturated heterocycles. The van der Waals surface area contributed by atoms with Gasteiger partial charge in [-0.05, 0) is 68.2 Å². The number of benzene rings is 2. The number of carbonyl (C=O) groups excluding carboxylic acids is 3. The molecule has 0 bridgehead atoms. The monoisotopic (exact) mass is 487 g/mol. The van der Waals surface area contributed by atoms with Crippen LogP contribution in [0.5, 0.6) is 5.75 Å². The fourth-order valence-electron chi connectivity index (χ4n) is 5.53. The Balaban J connectivity index is 1.15. The first-order valence-corrected chi connectivity index (χ1v) is 12.7. The van der Waals surface area contributed by atoms with Crippen LogP contribution in [0.4, 0.5) is 0 Å². The van der Waals surface area contributed by atoms with Crippen LogP contribution in [-0.2, 0) is 29.3 Å². The van der Waals surface area contributed by atoms with E-state index >= 15 is 0 Å². The number of fused-ring (bicyclic) bond motifs is 2. The Kier molecular flexibility index (Phi) is 5.97. The van der Waals surface area contributed by atoms with Crippen LogP contribution in [0.1, 0.15) is 59.3 Å². The number of furan rings is 1. The molecule has 0 radical (unpaired) electrons. The number of amides is 3. The lowest BCUT2D eigenvalue weighted by atomic mass is 10.0. The van der Waals surface area contributed by atoms with Crippen molar-refractivity contribution in [2.45, 2.75) is 57.8 Å². The van der Waals surface area contributed by atoms with Crippen molar-refractivity contribution in [3.63, 3.8) is 0 Å². The summed E-state index contributed by atoms with van der Waals surface area (Å²) in [7, 11) is 0. The molecule has 3 aromatic rings. The smallest absolute Gasteiger partial charge is 0.255 e. The van der Waals surface area contributed by atoms with Gasteiger partial charge in [0.15, 0.2) is 0 Å². The second kappa shape index (κ2) is 9.43. The first kappa shape index (κ1) is 22.8. The van der Waals surface area contributed by atoms with E-state index in [0.29, 0.717) is 23.5 Å². The van der Waals surface area contributed by atoms with Crippen molar-refractivity contribution in [2.75, 3.05) is 13.1 Å². The first-order valence-electron chi connectivity index (χ1n) is 12.7. The molecular formula is C28H29N3O5. The Morgan fingerprint density at radius 3 is 2.72 bits per heavy atom. The number of imide groups is 1. The molecule has 1 aromatic heterocycles. The van der Waals surface area contributed by atoms with Gasteiger partial charge in [0.1, 0.15) is 29.7 Å². The van der Waals surface area contributed by atoms with Crippen LogP contribution in [-0.4, -0.2) is 46.7 Å². The van der Waals surface area contributed by atoms with E-state index in [9.17, 15) is 14.4 Å². The van der Waals surface area contributed by atoms with Crippen LogP contribution in [0.3, 0.4) is 0 Å². The van der Waals surface area contributed by atoms with Gasteiger partial charge in [-0.1, -0.05) is 18.6 Å². The maximum Gasteiger partial charge on any atom is 0.255 e. The van der Waals surface area contributed by atoms with Crippen LogP contribution in [0.2, 0.25) is 0 Å². The van der Waals surface area contributed by atoms with Gasteiger partial charge in [-0.15, -0.1) is 0 Å². The van der Waals surface area contributed by atoms with Gasteiger partial charge in [-0.25, -0.2) is 0 Å². The van der Waals surface area contributed by atoms with Crippen molar-refractivity contribution < 1.29 is 23.5 Å². The summed E-state index contributed by atoms with van der Waals surface area (Å²) >= 11 is 0. The number of piperidine rings is 2. The minimum absolute atomic E-state index is 0.213. The topological polar surface area (TPSA) is 92.1 Å². The quantitative estimate of drug-likeness (QED) is 0.533. The number of nitrogens with one attached hydrogen (secondary N) is 1. The average Bonchev–Trinajstić information content (AvgIpc) is 3.44. The summed E-state index contributed by atoms with van der Waals surface area (Å²) in [5.41, 5.74) is 3.40. The molecule has 3 aliphatic heterocycles. The molecular weight excluding hydrogens is 458 g/mol. The van der Waals surface area contributed by atoms with E-state index < -0.39 is 11.9 Å². The fourth-order valence-corrected chi connectivity index (χ4v) is 5.53. The number of ether oxygens (including phenoxy) is 1. The van der Waals surface area contributed by atoms with Crippen LogP contribution < -0.4 is 10.1 Å². The second-order valence-electron chi connectivity index (χ2n) is 9.89. The van der Waals surface area contributed by atoms with E-state index in [-0.39, 0.29) is 31.4 Å². The lowest BCUT2D eigenvalue weighted by molar-refractivity contribution is -0.136. The number of hydrogen-bond acceptors (Lipinski definition) is 6. The van der Waals surface area contributed by atoms with Gasteiger partial charge in [-0.2, -0.15) is 0 Å². The highest BCUT2D eigenvalue weighted by molar-refractivity contribution is 6.05. The molecule has 1 atom stereocenters. The largest absolute Gasteiger partial charge is 0.485 e. The number of hydrogen-bond donors (Lipinski definition) is 1. The Bertz CT molecular complexity index is 1340. The van der Waals surface area contributed by atoms with Gasteiger partial charge in [0.25, 0.3) is 5.91 Å². The van der Waals surface area contributed by atoms with E-state index in [4.69, 9.17) is 9.15 Å². The summed E-state index contributed by atoms with van der Waals surface area (Å²) in [4.78, 5) is 40.9. The highest BCUT2D eigenvalue weighted by Gasteiger charge is 2.40. The standard InChI is InChI=1S/C28H29N3O5/c32-26-10-8-23(27(33)29-26)31-16-22-21(28(31)34)5-4-6-25(22)35-17-20-14-19-13-18(7-9-24(19)36-20)15-30-11-2-1-3-12-30/h4-7,9,13-14,23H,1-3,8,10-12,15-17H2,(H,29,32,33). The molecule has 1 N–H and O–H groups in total. The van der Waals surface area contributed by atoms with Crippen molar-refractivity contribution in [3.05, 3.63) is 64.9 Å². The third-order valence-corrected chi connectivity index (χ3v) is 7.40. The van der Waals surface area contributed by atoms with Crippen molar-refractivity contribution in [1.29, 1.82) is 0 Å². The van der Waals surface area contributed by atoms with Crippen molar-refractivity contribution in [2.24, 2.45) is 0 Å². The summed E-state index contributed by atoms with van der Waals surface area (Å²) in [5.74, 6) is 0.381. The maximum atomic E-state index is 13.0. The minimum Gasteiger partial charge on any atom is -0.485 e. The predicted molar refractivity (Wildman–Crippen MR) is 132 cm³/mol. The highest BCUT2D eigenvalue weighted by Crippen LogP contribution is 2.34. The van der Waals surface area contributed by atoms with E-state index in [0.717, 1.165) is 36.2 Å². The number of nitrogens with zero attached hydrogens (tertiary/aromatic N) is 2. The first-order chi connectivity index (χ1) is 17.5. The average molecular weight is 488 g/mol. The van der Waals surface area contributed by atoms with Crippen LogP contribution >= 0.6 is 0 Å². The lowest BCUT2D eigenvalue weighted by Gasteiger charge is -2.29. The third kappa shape index (κ3) is 4.37. The zero-order chi connectivity index (χ0) is 24.6. The molecule has 0 saturated carbocycles. The highest BCUT2D eigenvalue weighted by atomic mass is 16.5. The molecule has 1 unspecified atom stereocenters. The SMILES string of the molecule is O=C1CCC(N2Cc3c(OCc4cc5cc(CN6CCCCC6)ccc5o4)cccc3C2=O)C(=O)N1. The van der Waals surface area contributed by atoms with Crippen LogP contribution in [0, 0.1) is 0 Å². The normalized spacial score (nSPS) is 20.6. The molecule has 8 heteroatoms. The van der Waals surface area contributed by atoms with E-state index in [1.54, 1.807) is 12.1 Å². The van der Waals surface area contributed by atoms with Crippen molar-refractivity contribution in [3.8, 4) is 5.75 Å². The minimum atomic E-state index is -0.648. The van der Waals surface area contributed by atoms with Gasteiger partial charge in [0.05, 0.1) is 6.54 Å². The molecule has 8 nitrogen and oxygen atoms in total. The van der Waals surface area contributed by atoms with Gasteiger partial charge in [0, 0.05) is 29.5 Å². The van der Waals surface area contributed by atoms with Gasteiger partial charge in [0.2, 0.25) is 11.8 Å². The van der Waals surface area contributed by atoms with Gasteiger partial charge in [-0.3, -0.25) is 24.6 Å². The maximum absolute atomic E-state index is 13.0. The molecule has 186 valence electrons. The lowest BCUT2D eigenvalue weighted by Crippen LogP contribution is -2.52. The van der Waals surface area contributed by atoms with Crippen molar-refractivity contribution >= 4 is 28.7 Å². The fraction of sp³-hybridized carbons (Fsp3) is 0.393. The Morgan fingerprint density at radius 2 is 1.89 bits per heavy atom. The van der Waals surface area contributed by atoms with Crippen molar-refractivity contribution in [1.82, 2.24) is 15.1 Å². The Labute approximate surface area is 209 Å². The third-order valence-electron chi connectivity index (χ3n) is 7.40. The molecule has 36 heavy (non-hydrogen) atoms. The number of rotatable bonds is 6. The summed E-state index contributed by atoms with van der Waals surface area (Å²) in [6.07, 6.45) is 4.43. The van der Waals surface area contributed by atoms with Crippen LogP contribution in [0.15, 0.2) is 46.9 Å². The van der Waals surface area contributed by atoms with E-state index in [1.807, 2.05) is 18.2 Å². The molecule has 3 amide bonds. The number of carbonyl (C=O) groups is 3. The van der Waals surface area contributed by atoms with Gasteiger partial charge >= 0.3 is 0 Å². The molecule has 6 rings (SSSR count). The molecule has 0 spiro atoms. The second-order valence-corrected chi connectivity index (χ2v) is 9.89. The van der Waals surface area contributed by atoms with Gasteiger partial charge < -0.3 is 14.1 Å². The summed E-state index contributed by atoms with van der Waals surface area (Å²) in [6, 6.07) is 13.1. The van der Waals surface area contributed by atoms with E-state index in [2.05, 4.69) is 22.3 Å². The molecule has 4 heterocycles. The number of likely N-dealkylation sites (tertiary alicyclic amines) is 1.